The van der Waals surface area contributed by atoms with E-state index in [2.05, 4.69) is 66.9 Å². The van der Waals surface area contributed by atoms with Crippen LogP contribution in [0.3, 0.4) is 0 Å². The largest absolute Gasteiger partial charge is 0.393 e. The zero-order valence-electron chi connectivity index (χ0n) is 29.3. The molecule has 52 heavy (non-hydrogen) atoms. The van der Waals surface area contributed by atoms with Gasteiger partial charge in [-0.15, -0.1) is 11.3 Å². The summed E-state index contributed by atoms with van der Waals surface area (Å²) in [5.74, 6) is 0.809. The van der Waals surface area contributed by atoms with Gasteiger partial charge in [0.2, 0.25) is 5.91 Å². The smallest absolute Gasteiger partial charge is 0.367 e. The lowest BCUT2D eigenvalue weighted by Crippen LogP contribution is -2.49. The Morgan fingerprint density at radius 3 is 2.46 bits per heavy atom. The number of hydrogen-bond acceptors (Lipinski definition) is 8. The lowest BCUT2D eigenvalue weighted by molar-refractivity contribution is -0.133. The fourth-order valence-electron chi connectivity index (χ4n) is 7.52. The van der Waals surface area contributed by atoms with Crippen molar-refractivity contribution in [1.82, 2.24) is 29.2 Å². The second-order valence-corrected chi connectivity index (χ2v) is 15.0. The number of piperazine rings is 1. The Labute approximate surface area is 305 Å². The molecule has 0 bridgehead atoms. The average molecular weight is 729 g/mol. The quantitative estimate of drug-likeness (QED) is 0.160. The number of thiophene rings is 1. The molecule has 5 heterocycles. The van der Waals surface area contributed by atoms with Gasteiger partial charge in [0.15, 0.2) is 0 Å². The fraction of sp³-hybridized carbons (Fsp3) is 0.436. The Kier molecular flexibility index (Phi) is 10.8. The number of amides is 1. The molecule has 0 spiro atoms. The van der Waals surface area contributed by atoms with Crippen molar-refractivity contribution in [3.63, 3.8) is 0 Å². The highest BCUT2D eigenvalue weighted by atomic mass is 32.1. The van der Waals surface area contributed by atoms with E-state index < -0.39 is 12.6 Å². The summed E-state index contributed by atoms with van der Waals surface area (Å²) in [7, 11) is 0. The molecule has 272 valence electrons. The topological polar surface area (TPSA) is 93.3 Å². The first-order chi connectivity index (χ1) is 25.1. The maximum Gasteiger partial charge on any atom is 0.393 e. The standard InChI is InChI=1S/C39H43F3N8OS/c1-27-29(25-48-13-11-30(12-14-48)46-37-34-22-32(23-39(40,41)42)52-38(34)45-26-44-37)8-9-35-33(27)21-31(24-43)50(35)20-17-47-15-18-49(19-16-47)36(51)10-7-28-5-3-2-4-6-28/h2-6,8-9,21-22,26,30H,7,10-20,23,25H2,1H3,(H,44,45,46). The van der Waals surface area contributed by atoms with Crippen molar-refractivity contribution in [2.75, 3.05) is 51.1 Å². The van der Waals surface area contributed by atoms with Gasteiger partial charge in [-0.1, -0.05) is 36.4 Å². The van der Waals surface area contributed by atoms with Gasteiger partial charge in [0, 0.05) is 87.1 Å². The van der Waals surface area contributed by atoms with Crippen molar-refractivity contribution < 1.29 is 18.0 Å². The number of nitrogens with zero attached hydrogens (tertiary/aromatic N) is 7. The van der Waals surface area contributed by atoms with Crippen LogP contribution in [-0.4, -0.2) is 93.2 Å². The van der Waals surface area contributed by atoms with Gasteiger partial charge in [0.25, 0.3) is 0 Å². The van der Waals surface area contributed by atoms with Crippen molar-refractivity contribution in [1.29, 1.82) is 5.26 Å². The van der Waals surface area contributed by atoms with E-state index in [1.807, 2.05) is 29.2 Å². The van der Waals surface area contributed by atoms with Crippen LogP contribution in [0.4, 0.5) is 19.0 Å². The number of aromatic nitrogens is 3. The minimum atomic E-state index is -4.26. The van der Waals surface area contributed by atoms with Gasteiger partial charge in [-0.2, -0.15) is 18.4 Å². The Hall–Kier alpha value is -4.51. The van der Waals surface area contributed by atoms with Gasteiger partial charge in [-0.05, 0) is 61.1 Å². The molecule has 13 heteroatoms. The fourth-order valence-corrected chi connectivity index (χ4v) is 8.54. The van der Waals surface area contributed by atoms with Crippen molar-refractivity contribution >= 4 is 44.2 Å². The third-order valence-corrected chi connectivity index (χ3v) is 11.5. The number of halogens is 3. The van der Waals surface area contributed by atoms with Gasteiger partial charge in [0.05, 0.1) is 11.8 Å². The molecule has 0 atom stereocenters. The van der Waals surface area contributed by atoms with Crippen LogP contribution in [0.25, 0.3) is 21.1 Å². The highest BCUT2D eigenvalue weighted by molar-refractivity contribution is 7.18. The van der Waals surface area contributed by atoms with Gasteiger partial charge in [-0.25, -0.2) is 9.97 Å². The van der Waals surface area contributed by atoms with Crippen LogP contribution in [0.1, 0.15) is 46.5 Å². The molecule has 7 rings (SSSR count). The normalized spacial score (nSPS) is 16.5. The molecule has 2 aliphatic heterocycles. The van der Waals surface area contributed by atoms with Crippen molar-refractivity contribution in [3.8, 4) is 6.07 Å². The average Bonchev–Trinajstić information content (AvgIpc) is 3.72. The number of alkyl halides is 3. The predicted molar refractivity (Wildman–Crippen MR) is 198 cm³/mol. The molecule has 1 N–H and O–H groups in total. The third-order valence-electron chi connectivity index (χ3n) is 10.5. The van der Waals surface area contributed by atoms with E-state index in [-0.39, 0.29) is 16.8 Å². The second-order valence-electron chi connectivity index (χ2n) is 13.9. The molecule has 2 fully saturated rings. The van der Waals surface area contributed by atoms with Gasteiger partial charge in [-0.3, -0.25) is 14.6 Å². The molecule has 2 aromatic carbocycles. The summed E-state index contributed by atoms with van der Waals surface area (Å²) in [4.78, 5) is 29.0. The summed E-state index contributed by atoms with van der Waals surface area (Å²) in [5, 5.41) is 15.3. The van der Waals surface area contributed by atoms with E-state index in [9.17, 15) is 23.2 Å². The number of anilines is 1. The monoisotopic (exact) mass is 728 g/mol. The summed E-state index contributed by atoms with van der Waals surface area (Å²) in [5.41, 5.74) is 5.34. The molecular formula is C39H43F3N8OS. The van der Waals surface area contributed by atoms with Crippen LogP contribution in [0.2, 0.25) is 0 Å². The summed E-state index contributed by atoms with van der Waals surface area (Å²) in [6, 6.07) is 20.6. The number of aryl methyl sites for hydroxylation is 2. The van der Waals surface area contributed by atoms with Crippen LogP contribution >= 0.6 is 11.3 Å². The Morgan fingerprint density at radius 2 is 1.73 bits per heavy atom. The highest BCUT2D eigenvalue weighted by Gasteiger charge is 2.29. The summed E-state index contributed by atoms with van der Waals surface area (Å²) < 4.78 is 41.1. The van der Waals surface area contributed by atoms with E-state index in [4.69, 9.17) is 0 Å². The lowest BCUT2D eigenvalue weighted by atomic mass is 10.0. The van der Waals surface area contributed by atoms with Crippen molar-refractivity contribution in [3.05, 3.63) is 88.2 Å². The molecule has 3 aromatic heterocycles. The number of rotatable bonds is 11. The maximum atomic E-state index is 13.0. The SMILES string of the molecule is Cc1c(CN2CCC(Nc3ncnc4sc(CC(F)(F)F)cc34)CC2)ccc2c1cc(C#N)n2CCN1CCN(C(=O)CCc2ccccc2)CC1. The van der Waals surface area contributed by atoms with E-state index in [1.165, 1.54) is 23.0 Å². The minimum absolute atomic E-state index is 0.166. The molecule has 0 unspecified atom stereocenters. The molecular weight excluding hydrogens is 686 g/mol. The van der Waals surface area contributed by atoms with E-state index in [1.54, 1.807) is 6.07 Å². The highest BCUT2D eigenvalue weighted by Crippen LogP contribution is 2.33. The predicted octanol–water partition coefficient (Wildman–Crippen LogP) is 6.78. The number of carbonyl (C=O) groups excluding carboxylic acids is 1. The van der Waals surface area contributed by atoms with Crippen molar-refractivity contribution in [2.45, 2.75) is 64.3 Å². The first-order valence-corrected chi connectivity index (χ1v) is 18.8. The van der Waals surface area contributed by atoms with E-state index in [0.717, 1.165) is 93.9 Å². The molecule has 5 aromatic rings. The summed E-state index contributed by atoms with van der Waals surface area (Å²) in [6.45, 7) is 9.33. The first kappa shape index (κ1) is 35.9. The number of piperidine rings is 1. The van der Waals surface area contributed by atoms with Crippen LogP contribution in [0, 0.1) is 18.3 Å². The van der Waals surface area contributed by atoms with E-state index >= 15 is 0 Å². The zero-order valence-corrected chi connectivity index (χ0v) is 30.1. The Bertz CT molecular complexity index is 2060. The van der Waals surface area contributed by atoms with Gasteiger partial charge in [0.1, 0.15) is 28.7 Å². The summed E-state index contributed by atoms with van der Waals surface area (Å²) in [6.07, 6.45) is -0.738. The lowest BCUT2D eigenvalue weighted by Gasteiger charge is -2.35. The number of hydrogen-bond donors (Lipinski definition) is 1. The van der Waals surface area contributed by atoms with E-state index in [0.29, 0.717) is 34.7 Å². The Morgan fingerprint density at radius 1 is 0.962 bits per heavy atom. The molecule has 2 saturated heterocycles. The second kappa shape index (κ2) is 15.6. The number of nitriles is 1. The van der Waals surface area contributed by atoms with Crippen LogP contribution < -0.4 is 5.32 Å². The molecule has 2 aliphatic rings. The zero-order chi connectivity index (χ0) is 36.2. The maximum absolute atomic E-state index is 13.0. The van der Waals surface area contributed by atoms with Crippen molar-refractivity contribution in [2.24, 2.45) is 0 Å². The number of benzene rings is 2. The molecule has 9 nitrogen and oxygen atoms in total. The van der Waals surface area contributed by atoms with Crippen LogP contribution in [0.15, 0.2) is 60.9 Å². The van der Waals surface area contributed by atoms with Gasteiger partial charge < -0.3 is 14.8 Å². The molecule has 0 aliphatic carbocycles. The molecule has 1 amide bonds. The van der Waals surface area contributed by atoms with Crippen LogP contribution in [-0.2, 0) is 30.7 Å². The minimum Gasteiger partial charge on any atom is -0.367 e. The number of fused-ring (bicyclic) bond motifs is 2. The van der Waals surface area contributed by atoms with Crippen LogP contribution in [0.5, 0.6) is 0 Å². The summed E-state index contributed by atoms with van der Waals surface area (Å²) >= 11 is 1.07. The number of carbonyl (C=O) groups is 1. The van der Waals surface area contributed by atoms with Gasteiger partial charge >= 0.3 is 6.18 Å². The number of nitrogens with one attached hydrogen (secondary N) is 1. The Balaban J connectivity index is 0.915. The molecule has 0 radical (unpaired) electrons. The third kappa shape index (κ3) is 8.41. The molecule has 0 saturated carbocycles. The first-order valence-electron chi connectivity index (χ1n) is 18.0. The number of likely N-dealkylation sites (tertiary alicyclic amines) is 1.